The maximum Gasteiger partial charge on any atom is 0.314 e. The van der Waals surface area contributed by atoms with Gasteiger partial charge in [-0.15, -0.1) is 0 Å². The van der Waals surface area contributed by atoms with E-state index in [4.69, 9.17) is 0 Å². The lowest BCUT2D eigenvalue weighted by Crippen LogP contribution is -2.44. The second-order valence-electron chi connectivity index (χ2n) is 6.72. The van der Waals surface area contributed by atoms with E-state index in [1.165, 1.54) is 13.0 Å². The van der Waals surface area contributed by atoms with Crippen LogP contribution in [-0.2, 0) is 6.42 Å². The standard InChI is InChI=1S/C19H31N3O2/c1-2-10-22-11-8-17(9-12-22)14-20-19(24)21-15-18(23)13-16-6-4-3-5-7-16/h3-7,17-18,23H,2,8-15H2,1H3,(H2,20,21,24). The molecule has 0 aromatic heterocycles. The number of rotatable bonds is 8. The van der Waals surface area contributed by atoms with E-state index in [1.54, 1.807) is 0 Å². The van der Waals surface area contributed by atoms with Gasteiger partial charge in [-0.2, -0.15) is 0 Å². The van der Waals surface area contributed by atoms with Crippen LogP contribution in [0.15, 0.2) is 30.3 Å². The highest BCUT2D eigenvalue weighted by Gasteiger charge is 2.19. The van der Waals surface area contributed by atoms with E-state index in [0.29, 0.717) is 12.3 Å². The van der Waals surface area contributed by atoms with Gasteiger partial charge < -0.3 is 20.6 Å². The number of carbonyl (C=O) groups is 1. The number of benzene rings is 1. The third-order valence-corrected chi connectivity index (χ3v) is 4.61. The molecule has 1 aliphatic heterocycles. The molecule has 1 atom stereocenters. The van der Waals surface area contributed by atoms with E-state index in [0.717, 1.165) is 38.0 Å². The summed E-state index contributed by atoms with van der Waals surface area (Å²) in [6.45, 7) is 6.66. The molecule has 1 aromatic rings. The van der Waals surface area contributed by atoms with Crippen molar-refractivity contribution in [3.63, 3.8) is 0 Å². The number of carbonyl (C=O) groups excluding carboxylic acids is 1. The molecule has 1 fully saturated rings. The monoisotopic (exact) mass is 333 g/mol. The number of hydrogen-bond acceptors (Lipinski definition) is 3. The Hall–Kier alpha value is -1.59. The zero-order valence-corrected chi connectivity index (χ0v) is 14.7. The zero-order chi connectivity index (χ0) is 17.2. The number of amides is 2. The minimum Gasteiger partial charge on any atom is -0.391 e. The van der Waals surface area contributed by atoms with Crippen molar-refractivity contribution in [3.05, 3.63) is 35.9 Å². The van der Waals surface area contributed by atoms with Gasteiger partial charge in [0.25, 0.3) is 0 Å². The van der Waals surface area contributed by atoms with Crippen molar-refractivity contribution in [1.29, 1.82) is 0 Å². The fourth-order valence-electron chi connectivity index (χ4n) is 3.20. The van der Waals surface area contributed by atoms with Crippen LogP contribution >= 0.6 is 0 Å². The molecule has 1 aromatic carbocycles. The van der Waals surface area contributed by atoms with Crippen LogP contribution in [0.25, 0.3) is 0 Å². The number of piperidine rings is 1. The lowest BCUT2D eigenvalue weighted by molar-refractivity contribution is 0.167. The topological polar surface area (TPSA) is 64.6 Å². The molecule has 5 nitrogen and oxygen atoms in total. The average Bonchev–Trinajstić information content (AvgIpc) is 2.60. The molecule has 2 amide bonds. The number of urea groups is 1. The Kier molecular flexibility index (Phi) is 8.05. The Labute approximate surface area is 145 Å². The molecule has 3 N–H and O–H groups in total. The fraction of sp³-hybridized carbons (Fsp3) is 0.632. The van der Waals surface area contributed by atoms with Crippen LogP contribution in [0, 0.1) is 5.92 Å². The van der Waals surface area contributed by atoms with Crippen LogP contribution < -0.4 is 10.6 Å². The van der Waals surface area contributed by atoms with Gasteiger partial charge in [-0.3, -0.25) is 0 Å². The summed E-state index contributed by atoms with van der Waals surface area (Å²) in [5.74, 6) is 0.568. The molecule has 1 aliphatic rings. The van der Waals surface area contributed by atoms with Crippen molar-refractivity contribution >= 4 is 6.03 Å². The predicted molar refractivity (Wildman–Crippen MR) is 97.0 cm³/mol. The first kappa shape index (κ1) is 18.7. The Morgan fingerprint density at radius 1 is 1.25 bits per heavy atom. The number of aliphatic hydroxyl groups excluding tert-OH is 1. The number of aliphatic hydroxyl groups is 1. The molecule has 5 heteroatoms. The summed E-state index contributed by atoms with van der Waals surface area (Å²) in [5, 5.41) is 15.7. The summed E-state index contributed by atoms with van der Waals surface area (Å²) in [6.07, 6.45) is 3.50. The Balaban J connectivity index is 1.57. The number of nitrogens with one attached hydrogen (secondary N) is 2. The minimum absolute atomic E-state index is 0.182. The second kappa shape index (κ2) is 10.3. The SMILES string of the molecule is CCCN1CCC(CNC(=O)NCC(O)Cc2ccccc2)CC1. The third-order valence-electron chi connectivity index (χ3n) is 4.61. The summed E-state index contributed by atoms with van der Waals surface area (Å²) < 4.78 is 0. The highest BCUT2D eigenvalue weighted by atomic mass is 16.3. The molecule has 1 heterocycles. The lowest BCUT2D eigenvalue weighted by Gasteiger charge is -2.31. The second-order valence-corrected chi connectivity index (χ2v) is 6.72. The highest BCUT2D eigenvalue weighted by molar-refractivity contribution is 5.73. The molecule has 24 heavy (non-hydrogen) atoms. The molecule has 0 radical (unpaired) electrons. The number of likely N-dealkylation sites (tertiary alicyclic amines) is 1. The zero-order valence-electron chi connectivity index (χ0n) is 14.7. The van der Waals surface area contributed by atoms with Crippen molar-refractivity contribution in [3.8, 4) is 0 Å². The van der Waals surface area contributed by atoms with Gasteiger partial charge in [-0.25, -0.2) is 4.79 Å². The van der Waals surface area contributed by atoms with E-state index >= 15 is 0 Å². The van der Waals surface area contributed by atoms with Gasteiger partial charge in [0.15, 0.2) is 0 Å². The van der Waals surface area contributed by atoms with Crippen LogP contribution in [0.1, 0.15) is 31.7 Å². The van der Waals surface area contributed by atoms with Crippen molar-refractivity contribution in [2.75, 3.05) is 32.7 Å². The molecular formula is C19H31N3O2. The normalized spacial score (nSPS) is 17.4. The maximum absolute atomic E-state index is 11.9. The summed E-state index contributed by atoms with van der Waals surface area (Å²) in [7, 11) is 0. The molecule has 1 saturated heterocycles. The molecular weight excluding hydrogens is 302 g/mol. The van der Waals surface area contributed by atoms with Crippen molar-refractivity contribution in [2.45, 2.75) is 38.7 Å². The van der Waals surface area contributed by atoms with E-state index in [2.05, 4.69) is 22.5 Å². The number of nitrogens with zero attached hydrogens (tertiary/aromatic N) is 1. The molecule has 0 spiro atoms. The third kappa shape index (κ3) is 6.89. The van der Waals surface area contributed by atoms with Gasteiger partial charge in [0, 0.05) is 19.5 Å². The van der Waals surface area contributed by atoms with Crippen molar-refractivity contribution in [1.82, 2.24) is 15.5 Å². The quantitative estimate of drug-likeness (QED) is 0.682. The smallest absolute Gasteiger partial charge is 0.314 e. The summed E-state index contributed by atoms with van der Waals surface area (Å²) in [6, 6.07) is 9.64. The first-order chi connectivity index (χ1) is 11.7. The average molecular weight is 333 g/mol. The van der Waals surface area contributed by atoms with E-state index in [1.807, 2.05) is 30.3 Å². The molecule has 0 bridgehead atoms. The highest BCUT2D eigenvalue weighted by Crippen LogP contribution is 2.16. The summed E-state index contributed by atoms with van der Waals surface area (Å²) in [5.41, 5.74) is 1.08. The van der Waals surface area contributed by atoms with Gasteiger partial charge in [0.1, 0.15) is 0 Å². The predicted octanol–water partition coefficient (Wildman–Crippen LogP) is 2.01. The van der Waals surface area contributed by atoms with Gasteiger partial charge >= 0.3 is 6.03 Å². The maximum atomic E-state index is 11.9. The Bertz CT molecular complexity index is 473. The van der Waals surface area contributed by atoms with Crippen LogP contribution in [-0.4, -0.2) is 54.9 Å². The van der Waals surface area contributed by atoms with Gasteiger partial charge in [-0.05, 0) is 50.4 Å². The lowest BCUT2D eigenvalue weighted by atomic mass is 9.97. The first-order valence-corrected chi connectivity index (χ1v) is 9.13. The Morgan fingerprint density at radius 3 is 2.62 bits per heavy atom. The molecule has 0 aliphatic carbocycles. The van der Waals surface area contributed by atoms with Gasteiger partial charge in [0.2, 0.25) is 0 Å². The van der Waals surface area contributed by atoms with Crippen LogP contribution in [0.5, 0.6) is 0 Å². The summed E-state index contributed by atoms with van der Waals surface area (Å²) >= 11 is 0. The van der Waals surface area contributed by atoms with Crippen LogP contribution in [0.3, 0.4) is 0 Å². The van der Waals surface area contributed by atoms with Gasteiger partial charge in [0.05, 0.1) is 6.10 Å². The van der Waals surface area contributed by atoms with Crippen molar-refractivity contribution < 1.29 is 9.90 Å². The van der Waals surface area contributed by atoms with Crippen molar-refractivity contribution in [2.24, 2.45) is 5.92 Å². The van der Waals surface area contributed by atoms with E-state index in [-0.39, 0.29) is 12.6 Å². The first-order valence-electron chi connectivity index (χ1n) is 9.13. The number of hydrogen-bond donors (Lipinski definition) is 3. The summed E-state index contributed by atoms with van der Waals surface area (Å²) in [4.78, 5) is 14.4. The molecule has 134 valence electrons. The molecule has 1 unspecified atom stereocenters. The van der Waals surface area contributed by atoms with E-state index in [9.17, 15) is 9.90 Å². The molecule has 0 saturated carbocycles. The largest absolute Gasteiger partial charge is 0.391 e. The van der Waals surface area contributed by atoms with E-state index < -0.39 is 6.10 Å². The van der Waals surface area contributed by atoms with Crippen LogP contribution in [0.2, 0.25) is 0 Å². The molecule has 2 rings (SSSR count). The fourth-order valence-corrected chi connectivity index (χ4v) is 3.20. The van der Waals surface area contributed by atoms with Gasteiger partial charge in [-0.1, -0.05) is 37.3 Å². The minimum atomic E-state index is -0.560. The Morgan fingerprint density at radius 2 is 1.96 bits per heavy atom. The van der Waals surface area contributed by atoms with Crippen LogP contribution in [0.4, 0.5) is 4.79 Å².